The van der Waals surface area contributed by atoms with Crippen LogP contribution in [0.2, 0.25) is 0 Å². The third kappa shape index (κ3) is 4.03. The minimum absolute atomic E-state index is 0.448. The summed E-state index contributed by atoms with van der Waals surface area (Å²) in [7, 11) is 2.00. The number of aromatic nitrogens is 2. The predicted octanol–water partition coefficient (Wildman–Crippen LogP) is 3.29. The van der Waals surface area contributed by atoms with Crippen LogP contribution in [-0.4, -0.2) is 23.2 Å². The Balaban J connectivity index is 1.94. The highest BCUT2D eigenvalue weighted by Gasteiger charge is 2.25. The van der Waals surface area contributed by atoms with Gasteiger partial charge in [-0.3, -0.25) is 0 Å². The summed E-state index contributed by atoms with van der Waals surface area (Å²) in [5.41, 5.74) is 0. The Morgan fingerprint density at radius 1 is 1.42 bits per heavy atom. The van der Waals surface area contributed by atoms with Gasteiger partial charge in [0.15, 0.2) is 5.82 Å². The first-order valence-corrected chi connectivity index (χ1v) is 7.72. The Labute approximate surface area is 116 Å². The Hall–Kier alpha value is -0.900. The second-order valence-corrected chi connectivity index (χ2v) is 5.99. The molecule has 4 heteroatoms. The van der Waals surface area contributed by atoms with Gasteiger partial charge >= 0.3 is 0 Å². The van der Waals surface area contributed by atoms with Crippen LogP contribution in [0.4, 0.5) is 0 Å². The maximum atomic E-state index is 5.43. The van der Waals surface area contributed by atoms with Crippen LogP contribution in [0, 0.1) is 5.92 Å². The molecule has 1 aliphatic carbocycles. The molecule has 1 aromatic rings. The van der Waals surface area contributed by atoms with Crippen LogP contribution in [0.1, 0.15) is 70.0 Å². The number of hydrogen-bond acceptors (Lipinski definition) is 4. The van der Waals surface area contributed by atoms with Gasteiger partial charge in [-0.1, -0.05) is 38.3 Å². The normalized spacial score (nSPS) is 25.4. The maximum absolute atomic E-state index is 5.43. The molecule has 19 heavy (non-hydrogen) atoms. The minimum atomic E-state index is 0.448. The van der Waals surface area contributed by atoms with Crippen molar-refractivity contribution in [1.82, 2.24) is 15.5 Å². The molecule has 0 spiro atoms. The number of nitrogens with one attached hydrogen (secondary N) is 1. The zero-order valence-corrected chi connectivity index (χ0v) is 12.5. The van der Waals surface area contributed by atoms with Gasteiger partial charge in [-0.25, -0.2) is 0 Å². The van der Waals surface area contributed by atoms with E-state index in [4.69, 9.17) is 4.52 Å². The van der Waals surface area contributed by atoms with Crippen molar-refractivity contribution in [3.05, 3.63) is 11.7 Å². The molecule has 0 bridgehead atoms. The molecule has 3 unspecified atom stereocenters. The van der Waals surface area contributed by atoms with Crippen molar-refractivity contribution in [3.63, 3.8) is 0 Å². The first-order chi connectivity index (χ1) is 9.22. The standard InChI is InChI=1S/C15H27N3O/c1-4-6-13(16-3)10-14-17-15(18-19-14)12-8-5-7-11(2)9-12/h11-13,16H,4-10H2,1-3H3. The van der Waals surface area contributed by atoms with E-state index in [0.717, 1.165) is 30.5 Å². The SMILES string of the molecule is CCCC(Cc1nc(C2CCCC(C)C2)no1)NC. The van der Waals surface area contributed by atoms with E-state index in [-0.39, 0.29) is 0 Å². The Bertz CT molecular complexity index is 377. The highest BCUT2D eigenvalue weighted by molar-refractivity contribution is 4.98. The number of hydrogen-bond donors (Lipinski definition) is 1. The van der Waals surface area contributed by atoms with Gasteiger partial charge in [0.1, 0.15) is 0 Å². The summed E-state index contributed by atoms with van der Waals surface area (Å²) in [5.74, 6) is 3.04. The summed E-state index contributed by atoms with van der Waals surface area (Å²) in [6.07, 6.45) is 8.24. The van der Waals surface area contributed by atoms with Crippen molar-refractivity contribution in [2.24, 2.45) is 5.92 Å². The molecule has 4 nitrogen and oxygen atoms in total. The van der Waals surface area contributed by atoms with Gasteiger partial charge in [-0.15, -0.1) is 0 Å². The fourth-order valence-corrected chi connectivity index (χ4v) is 3.09. The highest BCUT2D eigenvalue weighted by atomic mass is 16.5. The predicted molar refractivity (Wildman–Crippen MR) is 76.1 cm³/mol. The van der Waals surface area contributed by atoms with E-state index in [1.807, 2.05) is 7.05 Å². The van der Waals surface area contributed by atoms with Crippen molar-refractivity contribution in [2.75, 3.05) is 7.05 Å². The topological polar surface area (TPSA) is 51.0 Å². The molecule has 0 aliphatic heterocycles. The Morgan fingerprint density at radius 3 is 2.95 bits per heavy atom. The van der Waals surface area contributed by atoms with Crippen molar-refractivity contribution in [2.45, 2.75) is 70.8 Å². The van der Waals surface area contributed by atoms with Gasteiger partial charge in [0.2, 0.25) is 5.89 Å². The third-order valence-electron chi connectivity index (χ3n) is 4.25. The lowest BCUT2D eigenvalue weighted by atomic mass is 9.82. The van der Waals surface area contributed by atoms with Crippen LogP contribution in [0.3, 0.4) is 0 Å². The average molecular weight is 265 g/mol. The first kappa shape index (κ1) is 14.5. The van der Waals surface area contributed by atoms with Crippen molar-refractivity contribution in [3.8, 4) is 0 Å². The molecular formula is C15H27N3O. The summed E-state index contributed by atoms with van der Waals surface area (Å²) in [5, 5.41) is 7.53. The molecule has 0 aromatic carbocycles. The quantitative estimate of drug-likeness (QED) is 0.857. The number of likely N-dealkylation sites (N-methyl/N-ethyl adjacent to an activating group) is 1. The molecule has 1 aromatic heterocycles. The first-order valence-electron chi connectivity index (χ1n) is 7.72. The summed E-state index contributed by atoms with van der Waals surface area (Å²) in [6, 6.07) is 0.448. The zero-order valence-electron chi connectivity index (χ0n) is 12.5. The van der Waals surface area contributed by atoms with E-state index in [1.54, 1.807) is 0 Å². The summed E-state index contributed by atoms with van der Waals surface area (Å²) in [6.45, 7) is 4.53. The lowest BCUT2D eigenvalue weighted by Gasteiger charge is -2.23. The minimum Gasteiger partial charge on any atom is -0.339 e. The lowest BCUT2D eigenvalue weighted by Crippen LogP contribution is -2.27. The Kier molecular flexibility index (Phi) is 5.37. The molecule has 1 fully saturated rings. The molecule has 0 saturated heterocycles. The van der Waals surface area contributed by atoms with Crippen molar-refractivity contribution < 1.29 is 4.52 Å². The molecule has 1 heterocycles. The molecule has 0 amide bonds. The summed E-state index contributed by atoms with van der Waals surface area (Å²) < 4.78 is 5.43. The van der Waals surface area contributed by atoms with Gasteiger partial charge in [0, 0.05) is 18.4 Å². The van der Waals surface area contributed by atoms with Gasteiger partial charge in [-0.05, 0) is 32.2 Å². The smallest absolute Gasteiger partial charge is 0.228 e. The van der Waals surface area contributed by atoms with E-state index in [0.29, 0.717) is 12.0 Å². The molecule has 1 saturated carbocycles. The van der Waals surface area contributed by atoms with Crippen LogP contribution in [0.25, 0.3) is 0 Å². The molecule has 1 N–H and O–H groups in total. The molecule has 0 radical (unpaired) electrons. The largest absolute Gasteiger partial charge is 0.339 e. The third-order valence-corrected chi connectivity index (χ3v) is 4.25. The van der Waals surface area contributed by atoms with E-state index >= 15 is 0 Å². The second-order valence-electron chi connectivity index (χ2n) is 5.99. The van der Waals surface area contributed by atoms with Gasteiger partial charge in [0.25, 0.3) is 0 Å². The summed E-state index contributed by atoms with van der Waals surface area (Å²) in [4.78, 5) is 4.62. The van der Waals surface area contributed by atoms with Gasteiger partial charge in [-0.2, -0.15) is 4.98 Å². The van der Waals surface area contributed by atoms with Crippen LogP contribution in [0.5, 0.6) is 0 Å². The fourth-order valence-electron chi connectivity index (χ4n) is 3.09. The fraction of sp³-hybridized carbons (Fsp3) is 0.867. The van der Waals surface area contributed by atoms with Crippen LogP contribution in [-0.2, 0) is 6.42 Å². The molecule has 3 atom stereocenters. The number of nitrogens with zero attached hydrogens (tertiary/aromatic N) is 2. The van der Waals surface area contributed by atoms with Crippen molar-refractivity contribution >= 4 is 0 Å². The van der Waals surface area contributed by atoms with Crippen LogP contribution >= 0.6 is 0 Å². The van der Waals surface area contributed by atoms with Crippen LogP contribution in [0.15, 0.2) is 4.52 Å². The summed E-state index contributed by atoms with van der Waals surface area (Å²) >= 11 is 0. The molecule has 108 valence electrons. The van der Waals surface area contributed by atoms with E-state index in [2.05, 4.69) is 29.3 Å². The van der Waals surface area contributed by atoms with E-state index in [1.165, 1.54) is 32.1 Å². The average Bonchev–Trinajstić information content (AvgIpc) is 2.87. The van der Waals surface area contributed by atoms with Crippen molar-refractivity contribution in [1.29, 1.82) is 0 Å². The monoisotopic (exact) mass is 265 g/mol. The van der Waals surface area contributed by atoms with Gasteiger partial charge < -0.3 is 9.84 Å². The van der Waals surface area contributed by atoms with Crippen LogP contribution < -0.4 is 5.32 Å². The Morgan fingerprint density at radius 2 is 2.26 bits per heavy atom. The van der Waals surface area contributed by atoms with E-state index in [9.17, 15) is 0 Å². The molecular weight excluding hydrogens is 238 g/mol. The number of rotatable bonds is 6. The van der Waals surface area contributed by atoms with Gasteiger partial charge in [0.05, 0.1) is 0 Å². The lowest BCUT2D eigenvalue weighted by molar-refractivity contribution is 0.316. The van der Waals surface area contributed by atoms with E-state index < -0.39 is 0 Å². The molecule has 1 aliphatic rings. The highest BCUT2D eigenvalue weighted by Crippen LogP contribution is 2.34. The zero-order chi connectivity index (χ0) is 13.7. The second kappa shape index (κ2) is 7.04. The maximum Gasteiger partial charge on any atom is 0.228 e. The molecule has 2 rings (SSSR count).